The number of nitro benzene ring substituents is 1. The molecule has 0 atom stereocenters. The molecule has 0 spiro atoms. The summed E-state index contributed by atoms with van der Waals surface area (Å²) in [5.41, 5.74) is 1.32. The molecule has 110 valence electrons. The second-order valence-corrected chi connectivity index (χ2v) is 5.51. The standard InChI is InChI=1S/C15H11N3O3S/c19-18(20)13-7-3-1-5-11(13)9-16-21-10-15-17-12-6-2-4-8-14(12)22-15/h1-9H,10H2/b16-9-. The summed E-state index contributed by atoms with van der Waals surface area (Å²) < 4.78 is 1.09. The van der Waals surface area contributed by atoms with Crippen LogP contribution in [-0.2, 0) is 11.4 Å². The van der Waals surface area contributed by atoms with Crippen LogP contribution in [0.1, 0.15) is 10.6 Å². The van der Waals surface area contributed by atoms with Gasteiger partial charge in [-0.25, -0.2) is 4.98 Å². The lowest BCUT2D eigenvalue weighted by Crippen LogP contribution is -1.94. The molecule has 1 heterocycles. The highest BCUT2D eigenvalue weighted by molar-refractivity contribution is 7.18. The molecule has 0 bridgehead atoms. The number of thiazole rings is 1. The van der Waals surface area contributed by atoms with Gasteiger partial charge in [0.1, 0.15) is 5.01 Å². The van der Waals surface area contributed by atoms with Crippen molar-refractivity contribution in [3.05, 3.63) is 69.2 Å². The molecular weight excluding hydrogens is 302 g/mol. The molecule has 0 aliphatic heterocycles. The fourth-order valence-electron chi connectivity index (χ4n) is 1.93. The second-order valence-electron chi connectivity index (χ2n) is 4.40. The third-order valence-corrected chi connectivity index (χ3v) is 3.94. The Morgan fingerprint density at radius 2 is 2.00 bits per heavy atom. The molecule has 3 rings (SSSR count). The first-order chi connectivity index (χ1) is 10.7. The molecule has 0 aliphatic rings. The van der Waals surface area contributed by atoms with Gasteiger partial charge in [-0.3, -0.25) is 10.1 Å². The van der Waals surface area contributed by atoms with Gasteiger partial charge in [-0.2, -0.15) is 0 Å². The zero-order valence-electron chi connectivity index (χ0n) is 11.4. The zero-order valence-corrected chi connectivity index (χ0v) is 12.2. The number of nitrogens with zero attached hydrogens (tertiary/aromatic N) is 3. The summed E-state index contributed by atoms with van der Waals surface area (Å²) in [6.45, 7) is 0.233. The van der Waals surface area contributed by atoms with E-state index in [0.717, 1.165) is 15.2 Å². The van der Waals surface area contributed by atoms with Crippen molar-refractivity contribution in [3.63, 3.8) is 0 Å². The molecule has 0 unspecified atom stereocenters. The maximum atomic E-state index is 10.9. The highest BCUT2D eigenvalue weighted by Gasteiger charge is 2.10. The quantitative estimate of drug-likeness (QED) is 0.408. The number of nitro groups is 1. The van der Waals surface area contributed by atoms with Gasteiger partial charge in [0, 0.05) is 6.07 Å². The zero-order chi connectivity index (χ0) is 15.4. The van der Waals surface area contributed by atoms with E-state index in [1.807, 2.05) is 24.3 Å². The van der Waals surface area contributed by atoms with E-state index in [1.165, 1.54) is 23.6 Å². The summed E-state index contributed by atoms with van der Waals surface area (Å²) in [7, 11) is 0. The maximum absolute atomic E-state index is 10.9. The minimum absolute atomic E-state index is 0.00478. The normalized spacial score (nSPS) is 11.1. The summed E-state index contributed by atoms with van der Waals surface area (Å²) in [5, 5.41) is 15.5. The van der Waals surface area contributed by atoms with E-state index in [1.54, 1.807) is 18.2 Å². The van der Waals surface area contributed by atoms with Gasteiger partial charge < -0.3 is 4.84 Å². The molecule has 0 saturated heterocycles. The molecular formula is C15H11N3O3S. The van der Waals surface area contributed by atoms with Gasteiger partial charge in [0.2, 0.25) is 0 Å². The number of hydrogen-bond acceptors (Lipinski definition) is 6. The Morgan fingerprint density at radius 3 is 2.82 bits per heavy atom. The van der Waals surface area contributed by atoms with Crippen LogP contribution in [0.4, 0.5) is 5.69 Å². The van der Waals surface area contributed by atoms with Crippen LogP contribution < -0.4 is 0 Å². The number of oxime groups is 1. The first-order valence-electron chi connectivity index (χ1n) is 6.47. The van der Waals surface area contributed by atoms with Crippen LogP contribution in [0, 0.1) is 10.1 Å². The molecule has 3 aromatic rings. The van der Waals surface area contributed by atoms with E-state index >= 15 is 0 Å². The SMILES string of the molecule is O=[N+]([O-])c1ccccc1/C=N\OCc1nc2ccccc2s1. The van der Waals surface area contributed by atoms with E-state index < -0.39 is 4.92 Å². The number of benzene rings is 2. The average Bonchev–Trinajstić information content (AvgIpc) is 2.94. The lowest BCUT2D eigenvalue weighted by Gasteiger charge is -1.97. The third-order valence-electron chi connectivity index (χ3n) is 2.93. The molecule has 0 fully saturated rings. The Kier molecular flexibility index (Phi) is 4.06. The van der Waals surface area contributed by atoms with Crippen molar-refractivity contribution in [3.8, 4) is 0 Å². The van der Waals surface area contributed by atoms with Crippen LogP contribution in [0.15, 0.2) is 53.7 Å². The van der Waals surface area contributed by atoms with Gasteiger partial charge >= 0.3 is 0 Å². The van der Waals surface area contributed by atoms with Crippen LogP contribution in [0.3, 0.4) is 0 Å². The molecule has 0 aliphatic carbocycles. The van der Waals surface area contributed by atoms with E-state index in [-0.39, 0.29) is 12.3 Å². The lowest BCUT2D eigenvalue weighted by molar-refractivity contribution is -0.385. The first kappa shape index (κ1) is 14.2. The highest BCUT2D eigenvalue weighted by Crippen LogP contribution is 2.22. The van der Waals surface area contributed by atoms with Gasteiger partial charge in [0.05, 0.1) is 26.9 Å². The molecule has 2 aromatic carbocycles. The molecule has 1 aromatic heterocycles. The summed E-state index contributed by atoms with van der Waals surface area (Å²) in [5.74, 6) is 0. The van der Waals surface area contributed by atoms with Crippen molar-refractivity contribution in [2.75, 3.05) is 0 Å². The molecule has 6 nitrogen and oxygen atoms in total. The van der Waals surface area contributed by atoms with Crippen LogP contribution in [0.2, 0.25) is 0 Å². The largest absolute Gasteiger partial charge is 0.388 e. The molecule has 0 N–H and O–H groups in total. The van der Waals surface area contributed by atoms with Gasteiger partial charge in [0.15, 0.2) is 6.61 Å². The average molecular weight is 313 g/mol. The fourth-order valence-corrected chi connectivity index (χ4v) is 2.81. The Labute approximate surface area is 129 Å². The predicted molar refractivity (Wildman–Crippen MR) is 85.1 cm³/mol. The van der Waals surface area contributed by atoms with Crippen molar-refractivity contribution in [2.45, 2.75) is 6.61 Å². The van der Waals surface area contributed by atoms with Gasteiger partial charge in [-0.05, 0) is 18.2 Å². The Bertz CT molecular complexity index is 812. The minimum atomic E-state index is -0.450. The maximum Gasteiger partial charge on any atom is 0.278 e. The molecule has 0 radical (unpaired) electrons. The Morgan fingerprint density at radius 1 is 1.23 bits per heavy atom. The Hall–Kier alpha value is -2.80. The van der Waals surface area contributed by atoms with Gasteiger partial charge in [0.25, 0.3) is 5.69 Å². The van der Waals surface area contributed by atoms with E-state index in [4.69, 9.17) is 4.84 Å². The summed E-state index contributed by atoms with van der Waals surface area (Å²) >= 11 is 1.53. The topological polar surface area (TPSA) is 77.6 Å². The van der Waals surface area contributed by atoms with Gasteiger partial charge in [-0.1, -0.05) is 29.4 Å². The summed E-state index contributed by atoms with van der Waals surface area (Å²) in [4.78, 5) is 20.0. The van der Waals surface area contributed by atoms with Crippen LogP contribution in [0.25, 0.3) is 10.2 Å². The number of hydrogen-bond donors (Lipinski definition) is 0. The van der Waals surface area contributed by atoms with Gasteiger partial charge in [-0.15, -0.1) is 11.3 Å². The van der Waals surface area contributed by atoms with Crippen LogP contribution in [0.5, 0.6) is 0 Å². The molecule has 0 saturated carbocycles. The minimum Gasteiger partial charge on any atom is -0.388 e. The van der Waals surface area contributed by atoms with E-state index in [9.17, 15) is 10.1 Å². The number of rotatable bonds is 5. The highest BCUT2D eigenvalue weighted by atomic mass is 32.1. The summed E-state index contributed by atoms with van der Waals surface area (Å²) in [6, 6.07) is 14.2. The van der Waals surface area contributed by atoms with Crippen LogP contribution in [-0.4, -0.2) is 16.1 Å². The van der Waals surface area contributed by atoms with Crippen molar-refractivity contribution >= 4 is 33.5 Å². The van der Waals surface area contributed by atoms with Crippen molar-refractivity contribution < 1.29 is 9.76 Å². The Balaban J connectivity index is 1.66. The number of para-hydroxylation sites is 2. The summed E-state index contributed by atoms with van der Waals surface area (Å²) in [6.07, 6.45) is 1.34. The van der Waals surface area contributed by atoms with E-state index in [0.29, 0.717) is 5.56 Å². The van der Waals surface area contributed by atoms with E-state index in [2.05, 4.69) is 10.1 Å². The van der Waals surface area contributed by atoms with Crippen molar-refractivity contribution in [1.82, 2.24) is 4.98 Å². The lowest BCUT2D eigenvalue weighted by atomic mass is 10.2. The molecule has 0 amide bonds. The second kappa shape index (κ2) is 6.31. The third kappa shape index (κ3) is 3.09. The number of aromatic nitrogens is 1. The van der Waals surface area contributed by atoms with Crippen LogP contribution >= 0.6 is 11.3 Å². The van der Waals surface area contributed by atoms with Crippen molar-refractivity contribution in [2.24, 2.45) is 5.16 Å². The molecule has 22 heavy (non-hydrogen) atoms. The predicted octanol–water partition coefficient (Wildman–Crippen LogP) is 3.76. The number of fused-ring (bicyclic) bond motifs is 1. The fraction of sp³-hybridized carbons (Fsp3) is 0.0667. The molecule has 7 heteroatoms. The monoisotopic (exact) mass is 313 g/mol. The smallest absolute Gasteiger partial charge is 0.278 e. The van der Waals surface area contributed by atoms with Crippen molar-refractivity contribution in [1.29, 1.82) is 0 Å². The first-order valence-corrected chi connectivity index (χ1v) is 7.29.